The molecule has 332 valence electrons. The standard InChI is InChI=1S/C59H65N5O/c1-37-29-41(57(6,7)8)30-38(2)53(37)39-31-47(58(9,10)11)54(48(32-39)59(12,13)14)63-36-62(55-50(63)23-18-27-61-55)42-19-17-20-43(34-42)65-44-24-25-46-45-21-15-16-22-49(45)64(51(46)35-44)52-33-40(26-28-60-52)56(3,4)5/h15-35H,36H2,1-14H3. The van der Waals surface area contributed by atoms with Gasteiger partial charge in [0.2, 0.25) is 0 Å². The number of aromatic nitrogens is 3. The van der Waals surface area contributed by atoms with Crippen LogP contribution in [-0.2, 0) is 21.7 Å². The first-order chi connectivity index (χ1) is 30.6. The van der Waals surface area contributed by atoms with Crippen LogP contribution in [0.3, 0.4) is 0 Å². The van der Waals surface area contributed by atoms with Gasteiger partial charge < -0.3 is 14.5 Å². The third-order valence-electron chi connectivity index (χ3n) is 13.1. The molecule has 0 spiro atoms. The molecule has 0 unspecified atom stereocenters. The van der Waals surface area contributed by atoms with E-state index >= 15 is 0 Å². The van der Waals surface area contributed by atoms with E-state index < -0.39 is 0 Å². The van der Waals surface area contributed by atoms with Crippen molar-refractivity contribution < 1.29 is 4.74 Å². The average Bonchev–Trinajstić information content (AvgIpc) is 3.78. The first kappa shape index (κ1) is 43.8. The zero-order valence-corrected chi connectivity index (χ0v) is 41.0. The fourth-order valence-electron chi connectivity index (χ4n) is 9.67. The first-order valence-corrected chi connectivity index (χ1v) is 23.2. The molecule has 65 heavy (non-hydrogen) atoms. The van der Waals surface area contributed by atoms with Crippen LogP contribution in [0.15, 0.2) is 128 Å². The van der Waals surface area contributed by atoms with Crippen molar-refractivity contribution in [3.63, 3.8) is 0 Å². The zero-order chi connectivity index (χ0) is 46.4. The second-order valence-electron chi connectivity index (χ2n) is 22.3. The van der Waals surface area contributed by atoms with Gasteiger partial charge in [0.15, 0.2) is 5.82 Å². The molecule has 0 radical (unpaired) electrons. The highest BCUT2D eigenvalue weighted by Gasteiger charge is 2.37. The number of para-hydroxylation sites is 1. The molecule has 0 amide bonds. The summed E-state index contributed by atoms with van der Waals surface area (Å²) in [6.07, 6.45) is 3.83. The number of aryl methyl sites for hydroxylation is 2. The fraction of sp³-hybridized carbons (Fsp3) is 0.322. The third-order valence-corrected chi connectivity index (χ3v) is 13.1. The number of pyridine rings is 2. The highest BCUT2D eigenvalue weighted by atomic mass is 16.5. The predicted octanol–water partition coefficient (Wildman–Crippen LogP) is 16.1. The van der Waals surface area contributed by atoms with E-state index in [2.05, 4.69) is 220 Å². The molecule has 5 aromatic carbocycles. The molecule has 0 aliphatic carbocycles. The Kier molecular flexibility index (Phi) is 10.6. The van der Waals surface area contributed by atoms with Gasteiger partial charge in [0.1, 0.15) is 24.0 Å². The van der Waals surface area contributed by atoms with Crippen molar-refractivity contribution in [2.24, 2.45) is 0 Å². The number of ether oxygens (including phenoxy) is 1. The summed E-state index contributed by atoms with van der Waals surface area (Å²) < 4.78 is 9.05. The van der Waals surface area contributed by atoms with Gasteiger partial charge in [0, 0.05) is 41.0 Å². The van der Waals surface area contributed by atoms with E-state index in [0.29, 0.717) is 6.67 Å². The zero-order valence-electron chi connectivity index (χ0n) is 41.0. The maximum absolute atomic E-state index is 6.78. The molecule has 0 N–H and O–H groups in total. The molecule has 0 saturated carbocycles. The van der Waals surface area contributed by atoms with Crippen LogP contribution in [0.5, 0.6) is 11.5 Å². The molecule has 6 nitrogen and oxygen atoms in total. The minimum absolute atomic E-state index is 0.00962. The lowest BCUT2D eigenvalue weighted by molar-refractivity contribution is 0.483. The number of hydrogen-bond acceptors (Lipinski definition) is 5. The van der Waals surface area contributed by atoms with Crippen molar-refractivity contribution in [3.8, 4) is 28.4 Å². The van der Waals surface area contributed by atoms with Crippen molar-refractivity contribution in [1.29, 1.82) is 0 Å². The summed E-state index contributed by atoms with van der Waals surface area (Å²) in [6, 6.07) is 41.7. The topological polar surface area (TPSA) is 46.4 Å². The van der Waals surface area contributed by atoms with Crippen LogP contribution in [0.25, 0.3) is 38.8 Å². The molecular weight excluding hydrogens is 795 g/mol. The normalized spacial score (nSPS) is 13.6. The summed E-state index contributed by atoms with van der Waals surface area (Å²) in [4.78, 5) is 14.8. The van der Waals surface area contributed by atoms with Gasteiger partial charge in [-0.15, -0.1) is 0 Å². The van der Waals surface area contributed by atoms with Gasteiger partial charge in [-0.05, 0) is 147 Å². The van der Waals surface area contributed by atoms with E-state index in [1.165, 1.54) is 55.6 Å². The van der Waals surface area contributed by atoms with Gasteiger partial charge in [-0.3, -0.25) is 4.57 Å². The minimum atomic E-state index is -0.152. The van der Waals surface area contributed by atoms with E-state index in [1.807, 2.05) is 18.5 Å². The van der Waals surface area contributed by atoms with Crippen LogP contribution in [0, 0.1) is 13.8 Å². The van der Waals surface area contributed by atoms with Crippen molar-refractivity contribution in [2.75, 3.05) is 16.5 Å². The Bertz CT molecular complexity index is 3070. The quantitative estimate of drug-likeness (QED) is 0.167. The van der Waals surface area contributed by atoms with Crippen LogP contribution in [0.2, 0.25) is 0 Å². The molecule has 6 heteroatoms. The molecule has 4 heterocycles. The fourth-order valence-corrected chi connectivity index (χ4v) is 9.67. The van der Waals surface area contributed by atoms with E-state index in [1.54, 1.807) is 0 Å². The monoisotopic (exact) mass is 860 g/mol. The SMILES string of the molecule is Cc1cc(C(C)(C)C)cc(C)c1-c1cc(C(C)(C)C)c(N2CN(c3cccc(Oc4ccc5c6ccccc6n(-c6cc(C(C)(C)C)ccn6)c5c4)c3)c3ncccc32)c(C(C)(C)C)c1. The molecule has 3 aromatic heterocycles. The molecule has 1 aliphatic rings. The molecular formula is C59H65N5O. The summed E-state index contributed by atoms with van der Waals surface area (Å²) in [5.41, 5.74) is 15.8. The minimum Gasteiger partial charge on any atom is -0.457 e. The number of rotatable bonds is 6. The van der Waals surface area contributed by atoms with Gasteiger partial charge in [-0.25, -0.2) is 9.97 Å². The van der Waals surface area contributed by atoms with Gasteiger partial charge >= 0.3 is 0 Å². The number of hydrogen-bond donors (Lipinski definition) is 0. The Hall–Kier alpha value is -6.40. The Labute approximate surface area is 386 Å². The maximum atomic E-state index is 6.78. The molecule has 8 aromatic rings. The molecule has 1 aliphatic heterocycles. The molecule has 0 fully saturated rings. The molecule has 0 bridgehead atoms. The van der Waals surface area contributed by atoms with E-state index in [0.717, 1.165) is 50.9 Å². The molecule has 0 atom stereocenters. The second kappa shape index (κ2) is 15.6. The Morgan fingerprint density at radius 3 is 1.82 bits per heavy atom. The third kappa shape index (κ3) is 8.06. The first-order valence-electron chi connectivity index (χ1n) is 23.2. The number of anilines is 4. The highest BCUT2D eigenvalue weighted by molar-refractivity contribution is 6.09. The Morgan fingerprint density at radius 2 is 1.15 bits per heavy atom. The smallest absolute Gasteiger partial charge is 0.158 e. The molecule has 9 rings (SSSR count). The predicted molar refractivity (Wildman–Crippen MR) is 275 cm³/mol. The highest BCUT2D eigenvalue weighted by Crippen LogP contribution is 2.51. The lowest BCUT2D eigenvalue weighted by Crippen LogP contribution is -2.30. The second-order valence-corrected chi connectivity index (χ2v) is 22.3. The van der Waals surface area contributed by atoms with Gasteiger partial charge in [0.05, 0.1) is 22.4 Å². The van der Waals surface area contributed by atoms with Crippen molar-refractivity contribution >= 4 is 44.7 Å². The van der Waals surface area contributed by atoms with Crippen molar-refractivity contribution in [2.45, 2.75) is 119 Å². The average molecular weight is 860 g/mol. The summed E-state index contributed by atoms with van der Waals surface area (Å²) >= 11 is 0. The lowest BCUT2D eigenvalue weighted by Gasteiger charge is -2.36. The molecule has 0 saturated heterocycles. The van der Waals surface area contributed by atoms with Crippen LogP contribution in [0.4, 0.5) is 22.9 Å². The van der Waals surface area contributed by atoms with Crippen LogP contribution in [-0.4, -0.2) is 21.2 Å². The van der Waals surface area contributed by atoms with Gasteiger partial charge in [0.25, 0.3) is 0 Å². The van der Waals surface area contributed by atoms with Crippen molar-refractivity contribution in [1.82, 2.24) is 14.5 Å². The van der Waals surface area contributed by atoms with Crippen LogP contribution < -0.4 is 14.5 Å². The number of benzene rings is 5. The van der Waals surface area contributed by atoms with E-state index in [9.17, 15) is 0 Å². The summed E-state index contributed by atoms with van der Waals surface area (Å²) in [6.45, 7) is 32.9. The maximum Gasteiger partial charge on any atom is 0.158 e. The summed E-state index contributed by atoms with van der Waals surface area (Å²) in [5, 5.41) is 2.34. The lowest BCUT2D eigenvalue weighted by atomic mass is 9.75. The van der Waals surface area contributed by atoms with Crippen molar-refractivity contribution in [3.05, 3.63) is 161 Å². The van der Waals surface area contributed by atoms with Gasteiger partial charge in [-0.2, -0.15) is 0 Å². The Balaban J connectivity index is 1.11. The number of nitrogens with zero attached hydrogens (tertiary/aromatic N) is 5. The van der Waals surface area contributed by atoms with E-state index in [-0.39, 0.29) is 21.7 Å². The summed E-state index contributed by atoms with van der Waals surface area (Å²) in [5.74, 6) is 3.34. The number of fused-ring (bicyclic) bond motifs is 4. The van der Waals surface area contributed by atoms with Crippen LogP contribution in [0.1, 0.15) is 116 Å². The van der Waals surface area contributed by atoms with E-state index in [4.69, 9.17) is 14.7 Å². The largest absolute Gasteiger partial charge is 0.457 e. The van der Waals surface area contributed by atoms with Gasteiger partial charge in [-0.1, -0.05) is 119 Å². The summed E-state index contributed by atoms with van der Waals surface area (Å²) in [7, 11) is 0. The van der Waals surface area contributed by atoms with Crippen LogP contribution >= 0.6 is 0 Å². The Morgan fingerprint density at radius 1 is 0.508 bits per heavy atom.